The average molecular weight is 274 g/mol. The highest BCUT2D eigenvalue weighted by atomic mass is 16.2. The molecule has 2 N–H and O–H groups in total. The Labute approximate surface area is 119 Å². The predicted molar refractivity (Wildman–Crippen MR) is 75.6 cm³/mol. The third-order valence-electron chi connectivity index (χ3n) is 5.15. The predicted octanol–water partition coefficient (Wildman–Crippen LogP) is 1.64. The number of aromatic amines is 1. The lowest BCUT2D eigenvalue weighted by molar-refractivity contribution is 0.0675. The standard InChI is InChI=1S/C15H22N4O/c1-19(12-6-10-4-5-11(7-12)16-10)15(20)14-8-13(17-18-14)9-2-3-9/h8-12,16H,2-7H2,1H3,(H,17,18). The van der Waals surface area contributed by atoms with E-state index in [0.717, 1.165) is 18.5 Å². The molecule has 5 heteroatoms. The van der Waals surface area contributed by atoms with Crippen molar-refractivity contribution in [2.45, 2.75) is 62.6 Å². The van der Waals surface area contributed by atoms with E-state index in [9.17, 15) is 4.79 Å². The molecule has 2 atom stereocenters. The minimum absolute atomic E-state index is 0.0689. The van der Waals surface area contributed by atoms with E-state index in [1.807, 2.05) is 18.0 Å². The van der Waals surface area contributed by atoms with Crippen LogP contribution < -0.4 is 5.32 Å². The van der Waals surface area contributed by atoms with Crippen LogP contribution in [0.4, 0.5) is 0 Å². The minimum atomic E-state index is 0.0689. The summed E-state index contributed by atoms with van der Waals surface area (Å²) < 4.78 is 0. The minimum Gasteiger partial charge on any atom is -0.337 e. The Kier molecular flexibility index (Phi) is 2.84. The smallest absolute Gasteiger partial charge is 0.274 e. The van der Waals surface area contributed by atoms with Crippen molar-refractivity contribution in [3.8, 4) is 0 Å². The Hall–Kier alpha value is -1.36. The lowest BCUT2D eigenvalue weighted by Gasteiger charge is -2.35. The topological polar surface area (TPSA) is 61.0 Å². The van der Waals surface area contributed by atoms with Gasteiger partial charge in [0.25, 0.3) is 5.91 Å². The van der Waals surface area contributed by atoms with E-state index < -0.39 is 0 Å². The summed E-state index contributed by atoms with van der Waals surface area (Å²) in [6, 6.07) is 3.53. The molecule has 0 spiro atoms. The van der Waals surface area contributed by atoms with Crippen molar-refractivity contribution in [3.63, 3.8) is 0 Å². The first-order chi connectivity index (χ1) is 9.70. The molecule has 2 unspecified atom stereocenters. The number of aromatic nitrogens is 2. The lowest BCUT2D eigenvalue weighted by Crippen LogP contribution is -2.48. The number of nitrogens with zero attached hydrogens (tertiary/aromatic N) is 2. The SMILES string of the molecule is CN(C(=O)c1cc(C2CC2)[nH]n1)C1CC2CCC(C1)N2. The molecular formula is C15H22N4O. The van der Waals surface area contributed by atoms with Gasteiger partial charge in [-0.05, 0) is 44.6 Å². The zero-order chi connectivity index (χ0) is 13.7. The molecule has 20 heavy (non-hydrogen) atoms. The van der Waals surface area contributed by atoms with Crippen molar-refractivity contribution in [1.82, 2.24) is 20.4 Å². The maximum Gasteiger partial charge on any atom is 0.274 e. The Balaban J connectivity index is 1.46. The van der Waals surface area contributed by atoms with Crippen molar-refractivity contribution in [2.24, 2.45) is 0 Å². The fraction of sp³-hybridized carbons (Fsp3) is 0.733. The quantitative estimate of drug-likeness (QED) is 0.881. The molecule has 3 heterocycles. The Morgan fingerprint density at radius 1 is 1.25 bits per heavy atom. The van der Waals surface area contributed by atoms with E-state index in [2.05, 4.69) is 15.5 Å². The van der Waals surface area contributed by atoms with Crippen LogP contribution in [0.5, 0.6) is 0 Å². The second kappa shape index (κ2) is 4.58. The monoisotopic (exact) mass is 274 g/mol. The third kappa shape index (κ3) is 2.14. The zero-order valence-electron chi connectivity index (χ0n) is 11.9. The van der Waals surface area contributed by atoms with Crippen LogP contribution in [0, 0.1) is 0 Å². The number of hydrogen-bond acceptors (Lipinski definition) is 3. The van der Waals surface area contributed by atoms with Crippen LogP contribution in [-0.4, -0.2) is 46.2 Å². The molecule has 2 saturated heterocycles. The van der Waals surface area contributed by atoms with E-state index >= 15 is 0 Å². The molecule has 5 nitrogen and oxygen atoms in total. The van der Waals surface area contributed by atoms with Gasteiger partial charge in [-0.3, -0.25) is 9.89 Å². The van der Waals surface area contributed by atoms with Crippen LogP contribution in [0.25, 0.3) is 0 Å². The molecule has 1 amide bonds. The first-order valence-electron chi connectivity index (χ1n) is 7.79. The maximum absolute atomic E-state index is 12.6. The van der Waals surface area contributed by atoms with Crippen molar-refractivity contribution >= 4 is 5.91 Å². The summed E-state index contributed by atoms with van der Waals surface area (Å²) in [7, 11) is 1.93. The van der Waals surface area contributed by atoms with E-state index in [-0.39, 0.29) is 5.91 Å². The molecule has 1 aliphatic carbocycles. The summed E-state index contributed by atoms with van der Waals surface area (Å²) in [5.41, 5.74) is 1.72. The zero-order valence-corrected chi connectivity index (χ0v) is 11.9. The number of hydrogen-bond donors (Lipinski definition) is 2. The van der Waals surface area contributed by atoms with E-state index in [4.69, 9.17) is 0 Å². The molecule has 1 saturated carbocycles. The van der Waals surface area contributed by atoms with Crippen molar-refractivity contribution < 1.29 is 4.79 Å². The number of rotatable bonds is 3. The van der Waals surface area contributed by atoms with Gasteiger partial charge >= 0.3 is 0 Å². The normalized spacial score (nSPS) is 32.4. The van der Waals surface area contributed by atoms with Gasteiger partial charge in [-0.1, -0.05) is 0 Å². The highest BCUT2D eigenvalue weighted by Gasteiger charge is 2.37. The largest absolute Gasteiger partial charge is 0.337 e. The summed E-state index contributed by atoms with van der Waals surface area (Å²) in [5, 5.41) is 10.9. The van der Waals surface area contributed by atoms with Gasteiger partial charge in [-0.2, -0.15) is 5.10 Å². The van der Waals surface area contributed by atoms with Gasteiger partial charge in [0.15, 0.2) is 0 Å². The number of nitrogens with one attached hydrogen (secondary N) is 2. The van der Waals surface area contributed by atoms with Crippen molar-refractivity contribution in [3.05, 3.63) is 17.5 Å². The number of piperidine rings is 1. The number of H-pyrrole nitrogens is 1. The summed E-state index contributed by atoms with van der Waals surface area (Å²) in [4.78, 5) is 14.5. The number of carbonyl (C=O) groups is 1. The van der Waals surface area contributed by atoms with Gasteiger partial charge in [0.05, 0.1) is 0 Å². The molecular weight excluding hydrogens is 252 g/mol. The number of amides is 1. The molecule has 3 aliphatic rings. The van der Waals surface area contributed by atoms with Crippen LogP contribution >= 0.6 is 0 Å². The van der Waals surface area contributed by atoms with Crippen LogP contribution in [0.15, 0.2) is 6.07 Å². The van der Waals surface area contributed by atoms with Crippen molar-refractivity contribution in [2.75, 3.05) is 7.05 Å². The molecule has 0 radical (unpaired) electrons. The Morgan fingerprint density at radius 2 is 1.95 bits per heavy atom. The van der Waals surface area contributed by atoms with Crippen LogP contribution in [0.1, 0.15) is 60.6 Å². The van der Waals surface area contributed by atoms with Gasteiger partial charge in [0, 0.05) is 36.8 Å². The van der Waals surface area contributed by atoms with Crippen molar-refractivity contribution in [1.29, 1.82) is 0 Å². The fourth-order valence-corrected chi connectivity index (χ4v) is 3.74. The number of fused-ring (bicyclic) bond motifs is 2. The highest BCUT2D eigenvalue weighted by molar-refractivity contribution is 5.92. The first kappa shape index (κ1) is 12.4. The summed E-state index contributed by atoms with van der Waals surface area (Å²) in [6.07, 6.45) is 7.14. The van der Waals surface area contributed by atoms with E-state index in [1.54, 1.807) is 0 Å². The second-order valence-corrected chi connectivity index (χ2v) is 6.66. The van der Waals surface area contributed by atoms with Gasteiger partial charge in [-0.15, -0.1) is 0 Å². The maximum atomic E-state index is 12.6. The van der Waals surface area contributed by atoms with E-state index in [0.29, 0.717) is 29.7 Å². The first-order valence-corrected chi connectivity index (χ1v) is 7.79. The molecule has 2 aliphatic heterocycles. The van der Waals surface area contributed by atoms with Gasteiger partial charge < -0.3 is 10.2 Å². The summed E-state index contributed by atoms with van der Waals surface area (Å²) >= 11 is 0. The van der Waals surface area contributed by atoms with Gasteiger partial charge in [0.1, 0.15) is 5.69 Å². The Morgan fingerprint density at radius 3 is 2.60 bits per heavy atom. The molecule has 1 aromatic heterocycles. The average Bonchev–Trinajstić information content (AvgIpc) is 3.11. The summed E-state index contributed by atoms with van der Waals surface area (Å²) in [6.45, 7) is 0. The molecule has 4 rings (SSSR count). The fourth-order valence-electron chi connectivity index (χ4n) is 3.74. The van der Waals surface area contributed by atoms with E-state index in [1.165, 1.54) is 25.7 Å². The molecule has 108 valence electrons. The van der Waals surface area contributed by atoms with Crippen LogP contribution in [-0.2, 0) is 0 Å². The van der Waals surface area contributed by atoms with Crippen LogP contribution in [0.3, 0.4) is 0 Å². The lowest BCUT2D eigenvalue weighted by atomic mass is 9.98. The van der Waals surface area contributed by atoms with Gasteiger partial charge in [-0.25, -0.2) is 0 Å². The number of carbonyl (C=O) groups excluding carboxylic acids is 1. The third-order valence-corrected chi connectivity index (χ3v) is 5.15. The van der Waals surface area contributed by atoms with Gasteiger partial charge in [0.2, 0.25) is 0 Å². The highest BCUT2D eigenvalue weighted by Crippen LogP contribution is 2.39. The van der Waals surface area contributed by atoms with Crippen LogP contribution in [0.2, 0.25) is 0 Å². The Bertz CT molecular complexity index is 510. The molecule has 1 aromatic rings. The second-order valence-electron chi connectivity index (χ2n) is 6.66. The molecule has 0 aromatic carbocycles. The summed E-state index contributed by atoms with van der Waals surface area (Å²) in [5.74, 6) is 0.684. The molecule has 2 bridgehead atoms. The molecule has 3 fully saturated rings.